The molecular formula is C65H69N3O13. The second-order valence-corrected chi connectivity index (χ2v) is 18.4. The summed E-state index contributed by atoms with van der Waals surface area (Å²) < 4.78 is 38.0. The van der Waals surface area contributed by atoms with Crippen molar-refractivity contribution in [3.63, 3.8) is 0 Å². The van der Waals surface area contributed by atoms with E-state index in [1.165, 1.54) is 76.3 Å². The Balaban J connectivity index is 0.000000196. The van der Waals surface area contributed by atoms with E-state index in [2.05, 4.69) is 40.8 Å². The van der Waals surface area contributed by atoms with Crippen LogP contribution in [0.2, 0.25) is 0 Å². The van der Waals surface area contributed by atoms with Crippen molar-refractivity contribution in [2.75, 3.05) is 40.6 Å². The summed E-state index contributed by atoms with van der Waals surface area (Å²) >= 11 is 0. The van der Waals surface area contributed by atoms with Crippen LogP contribution in [-0.2, 0) is 9.47 Å². The van der Waals surface area contributed by atoms with Gasteiger partial charge in [-0.1, -0.05) is 59.3 Å². The second-order valence-electron chi connectivity index (χ2n) is 18.4. The number of Topliss-reactive ketones (excluding diaryl/α,β-unsaturated/α-hetero) is 1. The summed E-state index contributed by atoms with van der Waals surface area (Å²) in [5.74, 6) is 2.33. The molecule has 422 valence electrons. The van der Waals surface area contributed by atoms with E-state index in [1.807, 2.05) is 48.5 Å². The lowest BCUT2D eigenvalue weighted by Gasteiger charge is -2.08. The van der Waals surface area contributed by atoms with Crippen LogP contribution in [0.3, 0.4) is 0 Å². The van der Waals surface area contributed by atoms with E-state index in [4.69, 9.17) is 32.9 Å². The number of ether oxygens (including phenoxy) is 5. The highest BCUT2D eigenvalue weighted by atomic mass is 16.5. The smallest absolute Gasteiger partial charge is 0.337 e. The number of carbonyl (C=O) groups is 5. The Morgan fingerprint density at radius 1 is 0.432 bits per heavy atom. The van der Waals surface area contributed by atoms with Crippen LogP contribution < -0.4 is 19.5 Å². The number of carboxylic acid groups (broad SMARTS) is 1. The summed E-state index contributed by atoms with van der Waals surface area (Å²) in [4.78, 5) is 66.9. The number of aromatic nitrogens is 2. The van der Waals surface area contributed by atoms with E-state index in [9.17, 15) is 24.0 Å². The SMILES string of the molecule is CCCCCOc1ccc(-c2cnc(-c3ccc(C(=O)O)cc3)o2)cc1.CCCCCOc1ccc(-c2cnc(-c3ccc(C(=O)OC)cc3)o2)cc1.CCCCCOc1ccc(C(=O)CNC(=O)c2ccc(C(=O)OC)cc2)cc1. The molecule has 8 aromatic rings. The van der Waals surface area contributed by atoms with Crippen LogP contribution >= 0.6 is 0 Å². The van der Waals surface area contributed by atoms with Crippen LogP contribution in [0.25, 0.3) is 45.6 Å². The molecule has 16 heteroatoms. The number of nitrogens with one attached hydrogen (secondary N) is 1. The number of nitrogens with zero attached hydrogens (tertiary/aromatic N) is 2. The first-order chi connectivity index (χ1) is 39.4. The van der Waals surface area contributed by atoms with Crippen LogP contribution in [-0.4, -0.2) is 85.3 Å². The van der Waals surface area contributed by atoms with Crippen molar-refractivity contribution in [1.82, 2.24) is 15.3 Å². The van der Waals surface area contributed by atoms with E-state index in [1.54, 1.807) is 73.1 Å². The zero-order valence-corrected chi connectivity index (χ0v) is 46.4. The summed E-state index contributed by atoms with van der Waals surface area (Å²) in [6, 6.07) is 41.8. The average Bonchev–Trinajstić information content (AvgIpc) is 4.34. The third-order valence-electron chi connectivity index (χ3n) is 12.4. The number of hydrogen-bond donors (Lipinski definition) is 2. The molecule has 6 aromatic carbocycles. The van der Waals surface area contributed by atoms with Gasteiger partial charge < -0.3 is 42.9 Å². The van der Waals surface area contributed by atoms with Crippen LogP contribution in [0.15, 0.2) is 167 Å². The van der Waals surface area contributed by atoms with Gasteiger partial charge in [0.25, 0.3) is 5.91 Å². The van der Waals surface area contributed by atoms with E-state index in [0.717, 1.165) is 84.8 Å². The van der Waals surface area contributed by atoms with E-state index in [0.29, 0.717) is 52.2 Å². The van der Waals surface area contributed by atoms with Gasteiger partial charge in [0, 0.05) is 33.4 Å². The molecule has 0 saturated heterocycles. The van der Waals surface area contributed by atoms with E-state index in [-0.39, 0.29) is 29.8 Å². The summed E-state index contributed by atoms with van der Waals surface area (Å²) in [5.41, 5.74) is 5.30. The molecule has 0 aliphatic carbocycles. The Hall–Kier alpha value is -9.31. The van der Waals surface area contributed by atoms with Crippen molar-refractivity contribution in [3.05, 3.63) is 186 Å². The first-order valence-electron chi connectivity index (χ1n) is 27.1. The Morgan fingerprint density at radius 3 is 1.14 bits per heavy atom. The number of hydrogen-bond acceptors (Lipinski definition) is 14. The lowest BCUT2D eigenvalue weighted by molar-refractivity contribution is 0.0592. The molecule has 1 amide bonds. The number of methoxy groups -OCH3 is 2. The van der Waals surface area contributed by atoms with Crippen LogP contribution in [0, 0.1) is 0 Å². The Kier molecular flexibility index (Phi) is 24.5. The van der Waals surface area contributed by atoms with Gasteiger partial charge in [-0.25, -0.2) is 24.4 Å². The molecule has 2 heterocycles. The summed E-state index contributed by atoms with van der Waals surface area (Å²) in [5, 5.41) is 11.5. The van der Waals surface area contributed by atoms with Crippen LogP contribution in [0.5, 0.6) is 17.2 Å². The van der Waals surface area contributed by atoms with E-state index >= 15 is 0 Å². The molecule has 0 spiro atoms. The molecule has 0 saturated carbocycles. The molecule has 0 atom stereocenters. The standard InChI is InChI=1S/C22H25NO5.C22H23NO4.C21H21NO4/c1-3-4-5-14-28-19-12-10-16(11-13-19)20(24)15-23-21(25)17-6-8-18(9-7-17)22(26)27-2;1-3-4-5-14-26-19-12-10-16(11-13-19)20-15-23-21(27-20)17-6-8-18(9-7-17)22(24)25-2;1-2-3-4-13-25-18-11-9-15(10-12-18)19-14-22-20(26-19)16-5-7-17(8-6-16)21(23)24/h6-13H,3-5,14-15H2,1-2H3,(H,23,25);6-13,15H,3-5,14H2,1-2H3;5-12,14H,2-4,13H2,1H3,(H,23,24). The average molecular weight is 1100 g/mol. The minimum absolute atomic E-state index is 0.117. The molecule has 0 unspecified atom stereocenters. The zero-order valence-electron chi connectivity index (χ0n) is 46.4. The molecule has 0 aliphatic heterocycles. The molecular weight excluding hydrogens is 1030 g/mol. The molecule has 8 rings (SSSR count). The minimum atomic E-state index is -0.957. The normalized spacial score (nSPS) is 10.5. The molecule has 0 aliphatic rings. The van der Waals surface area contributed by atoms with Gasteiger partial charge in [0.15, 0.2) is 17.3 Å². The summed E-state index contributed by atoms with van der Waals surface area (Å²) in [6.45, 7) is 8.49. The van der Waals surface area contributed by atoms with Crippen molar-refractivity contribution in [2.24, 2.45) is 0 Å². The molecule has 81 heavy (non-hydrogen) atoms. The van der Waals surface area contributed by atoms with Gasteiger partial charge >= 0.3 is 17.9 Å². The fraction of sp³-hybridized carbons (Fsp3) is 0.277. The van der Waals surface area contributed by atoms with Crippen LogP contribution in [0.1, 0.15) is 130 Å². The van der Waals surface area contributed by atoms with Gasteiger partial charge in [0.1, 0.15) is 17.2 Å². The highest BCUT2D eigenvalue weighted by Crippen LogP contribution is 2.30. The van der Waals surface area contributed by atoms with Crippen molar-refractivity contribution in [1.29, 1.82) is 0 Å². The minimum Gasteiger partial charge on any atom is -0.494 e. The van der Waals surface area contributed by atoms with E-state index < -0.39 is 11.9 Å². The number of ketones is 1. The Labute approximate surface area is 472 Å². The maximum absolute atomic E-state index is 12.3. The lowest BCUT2D eigenvalue weighted by Crippen LogP contribution is -2.29. The monoisotopic (exact) mass is 1100 g/mol. The third kappa shape index (κ3) is 19.2. The fourth-order valence-electron chi connectivity index (χ4n) is 7.74. The maximum Gasteiger partial charge on any atom is 0.337 e. The topological polar surface area (TPSA) is 216 Å². The predicted octanol–water partition coefficient (Wildman–Crippen LogP) is 14.3. The number of rotatable bonds is 26. The first-order valence-corrected chi connectivity index (χ1v) is 27.1. The number of esters is 2. The van der Waals surface area contributed by atoms with Crippen molar-refractivity contribution >= 4 is 29.6 Å². The number of carbonyl (C=O) groups excluding carboxylic acids is 4. The lowest BCUT2D eigenvalue weighted by atomic mass is 10.1. The summed E-state index contributed by atoms with van der Waals surface area (Å²) in [6.07, 6.45) is 13.5. The number of benzene rings is 6. The predicted molar refractivity (Wildman–Crippen MR) is 309 cm³/mol. The van der Waals surface area contributed by atoms with Crippen molar-refractivity contribution in [2.45, 2.75) is 78.6 Å². The molecule has 0 fully saturated rings. The Morgan fingerprint density at radius 2 is 0.765 bits per heavy atom. The summed E-state index contributed by atoms with van der Waals surface area (Å²) in [7, 11) is 2.65. The van der Waals surface area contributed by atoms with Gasteiger partial charge in [-0.15, -0.1) is 0 Å². The van der Waals surface area contributed by atoms with Gasteiger partial charge in [-0.3, -0.25) is 9.59 Å². The number of oxazole rings is 2. The van der Waals surface area contributed by atoms with Gasteiger partial charge in [-0.2, -0.15) is 0 Å². The quantitative estimate of drug-likeness (QED) is 0.0293. The number of aromatic carboxylic acids is 1. The highest BCUT2D eigenvalue weighted by molar-refractivity contribution is 6.02. The maximum atomic E-state index is 12.3. The number of unbranched alkanes of at least 4 members (excludes halogenated alkanes) is 6. The van der Waals surface area contributed by atoms with Crippen LogP contribution in [0.4, 0.5) is 0 Å². The zero-order chi connectivity index (χ0) is 57.8. The molecule has 2 aromatic heterocycles. The molecule has 16 nitrogen and oxygen atoms in total. The third-order valence-corrected chi connectivity index (χ3v) is 12.4. The highest BCUT2D eigenvalue weighted by Gasteiger charge is 2.15. The molecule has 0 bridgehead atoms. The largest absolute Gasteiger partial charge is 0.494 e. The fourth-order valence-corrected chi connectivity index (χ4v) is 7.74. The van der Waals surface area contributed by atoms with Crippen molar-refractivity contribution < 1.29 is 61.6 Å². The molecule has 0 radical (unpaired) electrons. The molecule has 2 N–H and O–H groups in total. The number of carboxylic acids is 1. The van der Waals surface area contributed by atoms with Gasteiger partial charge in [-0.05, 0) is 165 Å². The second kappa shape index (κ2) is 32.6. The first kappa shape index (κ1) is 60.9. The number of amides is 1. The van der Waals surface area contributed by atoms with Gasteiger partial charge in [0.05, 0.1) is 69.7 Å². The van der Waals surface area contributed by atoms with Gasteiger partial charge in [0.2, 0.25) is 11.8 Å². The van der Waals surface area contributed by atoms with Crippen molar-refractivity contribution in [3.8, 4) is 62.8 Å². The Bertz CT molecular complexity index is 3200.